The van der Waals surface area contributed by atoms with Crippen LogP contribution in [0.15, 0.2) is 79.3 Å². The van der Waals surface area contributed by atoms with Crippen LogP contribution in [0.3, 0.4) is 0 Å². The van der Waals surface area contributed by atoms with Crippen LogP contribution in [0, 0.1) is 0 Å². The third-order valence-electron chi connectivity index (χ3n) is 7.27. The fraction of sp³-hybridized carbons (Fsp3) is 0.233. The normalized spacial score (nSPS) is 15.8. The molecule has 0 aliphatic carbocycles. The summed E-state index contributed by atoms with van der Waals surface area (Å²) in [7, 11) is 1.85. The largest absolute Gasteiger partial charge is 0.496 e. The molecule has 4 aromatic rings. The second-order valence-electron chi connectivity index (χ2n) is 10.0. The second kappa shape index (κ2) is 9.95. The van der Waals surface area contributed by atoms with E-state index in [1.807, 2.05) is 52.9 Å². The number of hydrogen-bond acceptors (Lipinski definition) is 5. The van der Waals surface area contributed by atoms with Crippen LogP contribution in [0.25, 0.3) is 22.5 Å². The number of amides is 1. The van der Waals surface area contributed by atoms with Gasteiger partial charge < -0.3 is 14.2 Å². The number of rotatable bonds is 5. The third-order valence-corrected chi connectivity index (χ3v) is 7.27. The number of halogens is 3. The number of alkyl halides is 3. The van der Waals surface area contributed by atoms with Crippen molar-refractivity contribution in [1.29, 1.82) is 0 Å². The highest BCUT2D eigenvalue weighted by Crippen LogP contribution is 2.41. The van der Waals surface area contributed by atoms with Gasteiger partial charge in [-0.2, -0.15) is 13.2 Å². The van der Waals surface area contributed by atoms with E-state index < -0.39 is 17.6 Å². The van der Waals surface area contributed by atoms with E-state index in [4.69, 9.17) is 4.74 Å². The number of ether oxygens (including phenoxy) is 1. The van der Waals surface area contributed by atoms with Crippen molar-refractivity contribution in [3.05, 3.63) is 102 Å². The van der Waals surface area contributed by atoms with Gasteiger partial charge in [0.2, 0.25) is 0 Å². The Morgan fingerprint density at radius 1 is 1.00 bits per heavy atom. The van der Waals surface area contributed by atoms with Crippen LogP contribution < -0.4 is 4.90 Å². The highest BCUT2D eigenvalue weighted by Gasteiger charge is 2.40. The SMILES string of the molecule is C=C1CN(Cc2cc3c(c(C(F)(F)F)c2)CN(c2cccc(-c4ccccc4-c4nncn4C)c2)C3=O)CCO1. The van der Waals surface area contributed by atoms with Gasteiger partial charge in [0.1, 0.15) is 18.7 Å². The minimum Gasteiger partial charge on any atom is -0.496 e. The lowest BCUT2D eigenvalue weighted by molar-refractivity contribution is -0.138. The summed E-state index contributed by atoms with van der Waals surface area (Å²) in [5.41, 5.74) is 2.79. The van der Waals surface area contributed by atoms with Crippen molar-refractivity contribution < 1.29 is 22.7 Å². The number of morpholine rings is 1. The Morgan fingerprint density at radius 3 is 2.52 bits per heavy atom. The molecule has 0 spiro atoms. The first kappa shape index (κ1) is 25.8. The molecule has 0 N–H and O–H groups in total. The molecule has 10 heteroatoms. The van der Waals surface area contributed by atoms with Crippen molar-refractivity contribution >= 4 is 11.6 Å². The summed E-state index contributed by atoms with van der Waals surface area (Å²) in [4.78, 5) is 17.0. The summed E-state index contributed by atoms with van der Waals surface area (Å²) >= 11 is 0. The van der Waals surface area contributed by atoms with Crippen molar-refractivity contribution in [2.75, 3.05) is 24.6 Å². The Balaban J connectivity index is 1.35. The quantitative estimate of drug-likeness (QED) is 0.323. The first-order chi connectivity index (χ1) is 19.2. The van der Waals surface area contributed by atoms with E-state index in [-0.39, 0.29) is 24.2 Å². The Bertz CT molecular complexity index is 1630. The van der Waals surface area contributed by atoms with Crippen molar-refractivity contribution in [3.8, 4) is 22.5 Å². The van der Waals surface area contributed by atoms with Crippen LogP contribution in [-0.4, -0.2) is 45.3 Å². The van der Waals surface area contributed by atoms with Gasteiger partial charge in [-0.15, -0.1) is 10.2 Å². The Hall–Kier alpha value is -4.44. The smallest absolute Gasteiger partial charge is 0.416 e. The molecule has 2 aliphatic rings. The van der Waals surface area contributed by atoms with Crippen LogP contribution in [0.5, 0.6) is 0 Å². The maximum atomic E-state index is 14.2. The van der Waals surface area contributed by atoms with E-state index in [0.29, 0.717) is 42.5 Å². The average molecular weight is 546 g/mol. The van der Waals surface area contributed by atoms with Crippen LogP contribution >= 0.6 is 0 Å². The van der Waals surface area contributed by atoms with Crippen LogP contribution in [0.4, 0.5) is 18.9 Å². The first-order valence-corrected chi connectivity index (χ1v) is 12.8. The molecule has 40 heavy (non-hydrogen) atoms. The van der Waals surface area contributed by atoms with E-state index in [9.17, 15) is 18.0 Å². The number of aromatic nitrogens is 3. The van der Waals surface area contributed by atoms with Crippen molar-refractivity contribution in [2.24, 2.45) is 7.05 Å². The molecular formula is C30H26F3N5O2. The molecule has 0 saturated carbocycles. The zero-order valence-electron chi connectivity index (χ0n) is 21.8. The van der Waals surface area contributed by atoms with Gasteiger partial charge in [0.05, 0.1) is 18.7 Å². The van der Waals surface area contributed by atoms with E-state index in [2.05, 4.69) is 16.8 Å². The van der Waals surface area contributed by atoms with Gasteiger partial charge in [0.25, 0.3) is 5.91 Å². The number of hydrogen-bond donors (Lipinski definition) is 0. The summed E-state index contributed by atoms with van der Waals surface area (Å²) in [5.74, 6) is 0.802. The summed E-state index contributed by atoms with van der Waals surface area (Å²) in [5, 5.41) is 8.20. The summed E-state index contributed by atoms with van der Waals surface area (Å²) in [6.07, 6.45) is -2.98. The predicted octanol–water partition coefficient (Wildman–Crippen LogP) is 5.67. The molecule has 2 aliphatic heterocycles. The number of nitrogens with zero attached hydrogens (tertiary/aromatic N) is 5. The minimum atomic E-state index is -4.60. The van der Waals surface area contributed by atoms with Crippen molar-refractivity contribution in [1.82, 2.24) is 19.7 Å². The lowest BCUT2D eigenvalue weighted by atomic mass is 9.98. The van der Waals surface area contributed by atoms with Gasteiger partial charge in [-0.25, -0.2) is 0 Å². The fourth-order valence-corrected chi connectivity index (χ4v) is 5.41. The maximum absolute atomic E-state index is 14.2. The second-order valence-corrected chi connectivity index (χ2v) is 10.0. The molecular weight excluding hydrogens is 519 g/mol. The highest BCUT2D eigenvalue weighted by atomic mass is 19.4. The van der Waals surface area contributed by atoms with Gasteiger partial charge in [-0.05, 0) is 46.5 Å². The predicted molar refractivity (Wildman–Crippen MR) is 144 cm³/mol. The molecule has 1 fully saturated rings. The molecule has 3 aromatic carbocycles. The van der Waals surface area contributed by atoms with Crippen LogP contribution in [0.2, 0.25) is 0 Å². The Labute approximate surface area is 229 Å². The van der Waals surface area contributed by atoms with Gasteiger partial charge in [-0.1, -0.05) is 43.0 Å². The monoisotopic (exact) mass is 545 g/mol. The molecule has 6 rings (SSSR count). The number of anilines is 1. The summed E-state index contributed by atoms with van der Waals surface area (Å²) in [6, 6.07) is 17.7. The molecule has 3 heterocycles. The Morgan fingerprint density at radius 2 is 1.80 bits per heavy atom. The number of carbonyl (C=O) groups excluding carboxylic acids is 1. The van der Waals surface area contributed by atoms with Gasteiger partial charge in [-0.3, -0.25) is 9.69 Å². The minimum absolute atomic E-state index is 0.00229. The van der Waals surface area contributed by atoms with Crippen LogP contribution in [-0.2, 0) is 31.1 Å². The van der Waals surface area contributed by atoms with Crippen molar-refractivity contribution in [3.63, 3.8) is 0 Å². The standard InChI is InChI=1S/C30H26F3N5O2/c1-19-15-37(10-11-40-19)16-20-12-25-26(27(13-20)30(31,32)33)17-38(29(25)39)22-7-5-6-21(14-22)23-8-3-4-9-24(23)28-35-34-18-36(28)2/h3-9,12-14,18H,1,10-11,15-17H2,2H3. The third kappa shape index (κ3) is 4.75. The molecule has 0 atom stereocenters. The molecule has 1 saturated heterocycles. The number of benzene rings is 3. The maximum Gasteiger partial charge on any atom is 0.416 e. The zero-order chi connectivity index (χ0) is 28.0. The van der Waals surface area contributed by atoms with Crippen molar-refractivity contribution in [2.45, 2.75) is 19.3 Å². The fourth-order valence-electron chi connectivity index (χ4n) is 5.41. The number of fused-ring (bicyclic) bond motifs is 1. The molecule has 204 valence electrons. The molecule has 1 aromatic heterocycles. The topological polar surface area (TPSA) is 63.5 Å². The van der Waals surface area contributed by atoms with Crippen LogP contribution in [0.1, 0.15) is 27.0 Å². The first-order valence-electron chi connectivity index (χ1n) is 12.8. The lowest BCUT2D eigenvalue weighted by Crippen LogP contribution is -2.34. The molecule has 1 amide bonds. The van der Waals surface area contributed by atoms with E-state index in [0.717, 1.165) is 16.7 Å². The van der Waals surface area contributed by atoms with E-state index >= 15 is 0 Å². The molecule has 0 radical (unpaired) electrons. The average Bonchev–Trinajstić information content (AvgIpc) is 3.50. The van der Waals surface area contributed by atoms with Gasteiger partial charge in [0, 0.05) is 37.0 Å². The van der Waals surface area contributed by atoms with E-state index in [1.54, 1.807) is 24.5 Å². The lowest BCUT2D eigenvalue weighted by Gasteiger charge is -2.28. The highest BCUT2D eigenvalue weighted by molar-refractivity contribution is 6.10. The molecule has 0 unspecified atom stereocenters. The van der Waals surface area contributed by atoms with E-state index in [1.165, 1.54) is 11.0 Å². The van der Waals surface area contributed by atoms with Gasteiger partial charge in [0.15, 0.2) is 5.82 Å². The Kier molecular flexibility index (Phi) is 6.42. The van der Waals surface area contributed by atoms with Gasteiger partial charge >= 0.3 is 6.18 Å². The summed E-state index contributed by atoms with van der Waals surface area (Å²) < 4.78 is 49.9. The number of aryl methyl sites for hydroxylation is 1. The molecule has 0 bridgehead atoms. The number of carbonyl (C=O) groups is 1. The zero-order valence-corrected chi connectivity index (χ0v) is 21.8. The summed E-state index contributed by atoms with van der Waals surface area (Å²) in [6.45, 7) is 5.35. The molecule has 7 nitrogen and oxygen atoms in total.